The minimum absolute atomic E-state index is 0.445. The molecule has 1 aromatic carbocycles. The third-order valence-electron chi connectivity index (χ3n) is 1.67. The molecule has 0 aliphatic rings. The van der Waals surface area contributed by atoms with E-state index < -0.39 is 35.2 Å². The van der Waals surface area contributed by atoms with Crippen molar-refractivity contribution >= 4 is 17.6 Å². The van der Waals surface area contributed by atoms with Crippen molar-refractivity contribution in [3.63, 3.8) is 0 Å². The molecule has 2 N–H and O–H groups in total. The van der Waals surface area contributed by atoms with Crippen molar-refractivity contribution < 1.29 is 31.9 Å². The standard InChI is InChI=1S/C9H5F4NO3/c10-6-4(2-1-3-5(6)14)7(15)17-8(16)9(11,12)13/h1-3H,14H2. The van der Waals surface area contributed by atoms with Gasteiger partial charge >= 0.3 is 18.1 Å². The van der Waals surface area contributed by atoms with Crippen molar-refractivity contribution in [2.24, 2.45) is 0 Å². The second kappa shape index (κ2) is 4.40. The number of benzene rings is 1. The molecule has 0 bridgehead atoms. The van der Waals surface area contributed by atoms with Crippen LogP contribution in [-0.4, -0.2) is 18.1 Å². The SMILES string of the molecule is Nc1cccc(C(=O)OC(=O)C(F)(F)F)c1F. The summed E-state index contributed by atoms with van der Waals surface area (Å²) in [7, 11) is 0. The van der Waals surface area contributed by atoms with Crippen molar-refractivity contribution in [1.29, 1.82) is 0 Å². The second-order valence-electron chi connectivity index (χ2n) is 2.88. The van der Waals surface area contributed by atoms with Crippen molar-refractivity contribution in [3.8, 4) is 0 Å². The summed E-state index contributed by atoms with van der Waals surface area (Å²) in [5.74, 6) is -5.71. The monoisotopic (exact) mass is 251 g/mol. The van der Waals surface area contributed by atoms with Crippen molar-refractivity contribution in [2.45, 2.75) is 6.18 Å². The van der Waals surface area contributed by atoms with Gasteiger partial charge in [0.2, 0.25) is 0 Å². The summed E-state index contributed by atoms with van der Waals surface area (Å²) in [5.41, 5.74) is 3.79. The van der Waals surface area contributed by atoms with Gasteiger partial charge in [-0.3, -0.25) is 0 Å². The van der Waals surface area contributed by atoms with E-state index in [0.29, 0.717) is 0 Å². The van der Waals surface area contributed by atoms with Gasteiger partial charge in [-0.2, -0.15) is 13.2 Å². The Kier molecular flexibility index (Phi) is 3.35. The van der Waals surface area contributed by atoms with E-state index >= 15 is 0 Å². The minimum atomic E-state index is -5.33. The van der Waals surface area contributed by atoms with Crippen molar-refractivity contribution in [3.05, 3.63) is 29.6 Å². The van der Waals surface area contributed by atoms with E-state index in [1.807, 2.05) is 0 Å². The second-order valence-corrected chi connectivity index (χ2v) is 2.88. The highest BCUT2D eigenvalue weighted by molar-refractivity contribution is 5.98. The zero-order valence-corrected chi connectivity index (χ0v) is 8.05. The molecule has 0 radical (unpaired) electrons. The number of rotatable bonds is 1. The van der Waals surface area contributed by atoms with Crippen LogP contribution in [0.5, 0.6) is 0 Å². The number of carbonyl (C=O) groups excluding carboxylic acids is 2. The Balaban J connectivity index is 2.92. The first-order valence-electron chi connectivity index (χ1n) is 4.11. The number of esters is 2. The third kappa shape index (κ3) is 2.92. The summed E-state index contributed by atoms with van der Waals surface area (Å²) in [6.45, 7) is 0. The molecule has 17 heavy (non-hydrogen) atoms. The van der Waals surface area contributed by atoms with Gasteiger partial charge in [-0.25, -0.2) is 14.0 Å². The average Bonchev–Trinajstić information content (AvgIpc) is 2.20. The normalized spacial score (nSPS) is 11.1. The van der Waals surface area contributed by atoms with Crippen molar-refractivity contribution in [1.82, 2.24) is 0 Å². The summed E-state index contributed by atoms with van der Waals surface area (Å²) < 4.78 is 51.9. The topological polar surface area (TPSA) is 69.4 Å². The lowest BCUT2D eigenvalue weighted by atomic mass is 10.2. The van der Waals surface area contributed by atoms with Gasteiger partial charge < -0.3 is 10.5 Å². The number of ether oxygens (including phenoxy) is 1. The van der Waals surface area contributed by atoms with Gasteiger partial charge in [-0.1, -0.05) is 6.07 Å². The summed E-state index contributed by atoms with van der Waals surface area (Å²) in [4.78, 5) is 21.4. The molecular weight excluding hydrogens is 246 g/mol. The molecule has 0 amide bonds. The Morgan fingerprint density at radius 3 is 2.35 bits per heavy atom. The van der Waals surface area contributed by atoms with Gasteiger partial charge in [0.1, 0.15) is 0 Å². The number of halogens is 4. The molecule has 92 valence electrons. The lowest BCUT2D eigenvalue weighted by Gasteiger charge is -2.06. The highest BCUT2D eigenvalue weighted by Gasteiger charge is 2.42. The molecule has 0 aliphatic heterocycles. The summed E-state index contributed by atoms with van der Waals surface area (Å²) >= 11 is 0. The van der Waals surface area contributed by atoms with Crippen LogP contribution in [0.3, 0.4) is 0 Å². The van der Waals surface area contributed by atoms with Gasteiger partial charge in [0.05, 0.1) is 11.3 Å². The number of anilines is 1. The van der Waals surface area contributed by atoms with Crippen LogP contribution >= 0.6 is 0 Å². The molecule has 0 atom stereocenters. The quantitative estimate of drug-likeness (QED) is 0.356. The van der Waals surface area contributed by atoms with Crippen LogP contribution in [0, 0.1) is 5.82 Å². The number of carbonyl (C=O) groups is 2. The predicted molar refractivity (Wildman–Crippen MR) is 47.3 cm³/mol. The fourth-order valence-electron chi connectivity index (χ4n) is 0.905. The molecule has 0 saturated heterocycles. The first-order valence-corrected chi connectivity index (χ1v) is 4.11. The molecule has 0 spiro atoms. The van der Waals surface area contributed by atoms with Crippen molar-refractivity contribution in [2.75, 3.05) is 5.73 Å². The van der Waals surface area contributed by atoms with Crippen LogP contribution in [0.1, 0.15) is 10.4 Å². The lowest BCUT2D eigenvalue weighted by Crippen LogP contribution is -2.28. The first kappa shape index (κ1) is 12.9. The van der Waals surface area contributed by atoms with E-state index in [1.165, 1.54) is 0 Å². The smallest absolute Gasteiger partial charge is 0.396 e. The van der Waals surface area contributed by atoms with E-state index in [4.69, 9.17) is 5.73 Å². The highest BCUT2D eigenvalue weighted by atomic mass is 19.4. The Labute approximate surface area is 92.0 Å². The zero-order chi connectivity index (χ0) is 13.2. The molecule has 4 nitrogen and oxygen atoms in total. The number of hydrogen-bond acceptors (Lipinski definition) is 4. The molecule has 0 aliphatic carbocycles. The number of alkyl halides is 3. The number of nitrogens with two attached hydrogens (primary N) is 1. The first-order chi connectivity index (χ1) is 7.73. The molecule has 8 heteroatoms. The molecule has 1 aromatic rings. The van der Waals surface area contributed by atoms with Gasteiger partial charge in [-0.15, -0.1) is 0 Å². The Hall–Kier alpha value is -2.12. The molecular formula is C9H5F4NO3. The average molecular weight is 251 g/mol. The Morgan fingerprint density at radius 1 is 1.24 bits per heavy atom. The van der Waals surface area contributed by atoms with Crippen LogP contribution in [0.4, 0.5) is 23.2 Å². The maximum absolute atomic E-state index is 13.2. The maximum Gasteiger partial charge on any atom is 0.491 e. The van der Waals surface area contributed by atoms with E-state index in [2.05, 4.69) is 4.74 Å². The largest absolute Gasteiger partial charge is 0.491 e. The van der Waals surface area contributed by atoms with E-state index in [9.17, 15) is 27.2 Å². The van der Waals surface area contributed by atoms with E-state index in [1.54, 1.807) is 0 Å². The summed E-state index contributed by atoms with van der Waals surface area (Å²) in [6, 6.07) is 3.07. The molecule has 1 rings (SSSR count). The van der Waals surface area contributed by atoms with Crippen LogP contribution in [0.15, 0.2) is 18.2 Å². The number of nitrogen functional groups attached to an aromatic ring is 1. The van der Waals surface area contributed by atoms with Crippen LogP contribution in [-0.2, 0) is 9.53 Å². The fraction of sp³-hybridized carbons (Fsp3) is 0.111. The van der Waals surface area contributed by atoms with E-state index in [0.717, 1.165) is 18.2 Å². The van der Waals surface area contributed by atoms with E-state index in [-0.39, 0.29) is 0 Å². The zero-order valence-electron chi connectivity index (χ0n) is 8.05. The summed E-state index contributed by atoms with van der Waals surface area (Å²) in [5, 5.41) is 0. The van der Waals surface area contributed by atoms with Gasteiger partial charge in [-0.05, 0) is 12.1 Å². The Morgan fingerprint density at radius 2 is 1.82 bits per heavy atom. The van der Waals surface area contributed by atoms with Gasteiger partial charge in [0.15, 0.2) is 5.82 Å². The van der Waals surface area contributed by atoms with Crippen LogP contribution < -0.4 is 5.73 Å². The molecule has 0 aromatic heterocycles. The van der Waals surface area contributed by atoms with Gasteiger partial charge in [0, 0.05) is 0 Å². The highest BCUT2D eigenvalue weighted by Crippen LogP contribution is 2.20. The third-order valence-corrected chi connectivity index (χ3v) is 1.67. The molecule has 0 fully saturated rings. The maximum atomic E-state index is 13.2. The Bertz CT molecular complexity index is 470. The molecule has 0 heterocycles. The fourth-order valence-corrected chi connectivity index (χ4v) is 0.905. The predicted octanol–water partition coefficient (Wildman–Crippen LogP) is 1.65. The van der Waals surface area contributed by atoms with Gasteiger partial charge in [0.25, 0.3) is 0 Å². The van der Waals surface area contributed by atoms with Crippen LogP contribution in [0.2, 0.25) is 0 Å². The minimum Gasteiger partial charge on any atom is -0.396 e. The van der Waals surface area contributed by atoms with Crippen LogP contribution in [0.25, 0.3) is 0 Å². The molecule has 0 unspecified atom stereocenters. The number of hydrogen-bond donors (Lipinski definition) is 1. The summed E-state index contributed by atoms with van der Waals surface area (Å²) in [6.07, 6.45) is -5.33. The lowest BCUT2D eigenvalue weighted by molar-refractivity contribution is -0.193. The molecule has 0 saturated carbocycles.